The normalized spacial score (nSPS) is 20.7. The summed E-state index contributed by atoms with van der Waals surface area (Å²) in [5, 5.41) is 3.11. The predicted octanol–water partition coefficient (Wildman–Crippen LogP) is 5.44. The molecule has 5 atom stereocenters. The van der Waals surface area contributed by atoms with E-state index in [0.29, 0.717) is 31.5 Å². The number of esters is 1. The Morgan fingerprint density at radius 3 is 2.12 bits per heavy atom. The monoisotopic (exact) mass is 695 g/mol. The molecule has 2 fully saturated rings. The van der Waals surface area contributed by atoms with Gasteiger partial charge < -0.3 is 19.9 Å². The molecule has 2 heterocycles. The van der Waals surface area contributed by atoms with Crippen molar-refractivity contribution in [3.05, 3.63) is 47.5 Å². The maximum Gasteiger partial charge on any atom is 0.329 e. The molecule has 0 aromatic heterocycles. The molecule has 0 spiro atoms. The van der Waals surface area contributed by atoms with E-state index in [2.05, 4.69) is 42.8 Å². The van der Waals surface area contributed by atoms with Crippen LogP contribution in [-0.2, 0) is 23.9 Å². The van der Waals surface area contributed by atoms with Crippen molar-refractivity contribution in [2.45, 2.75) is 131 Å². The van der Waals surface area contributed by atoms with Crippen molar-refractivity contribution in [1.29, 1.82) is 0 Å². The molecule has 50 heavy (non-hydrogen) atoms. The number of hydrogen-bond acceptors (Lipinski definition) is 7. The quantitative estimate of drug-likeness (QED) is 0.182. The Morgan fingerprint density at radius 1 is 0.900 bits per heavy atom. The van der Waals surface area contributed by atoms with Crippen LogP contribution in [0.3, 0.4) is 0 Å². The smallest absolute Gasteiger partial charge is 0.329 e. The highest BCUT2D eigenvalue weighted by atomic mass is 16.5. The molecule has 1 aromatic carbocycles. The van der Waals surface area contributed by atoms with Crippen LogP contribution in [0.5, 0.6) is 0 Å². The van der Waals surface area contributed by atoms with E-state index in [-0.39, 0.29) is 47.6 Å². The van der Waals surface area contributed by atoms with Crippen LogP contribution in [0, 0.1) is 11.8 Å². The largest absolute Gasteiger partial charge is 0.455 e. The summed E-state index contributed by atoms with van der Waals surface area (Å²) in [6.07, 6.45) is 5.51. The van der Waals surface area contributed by atoms with E-state index in [0.717, 1.165) is 44.5 Å². The second-order valence-corrected chi connectivity index (χ2v) is 15.1. The van der Waals surface area contributed by atoms with Crippen LogP contribution in [0.2, 0.25) is 0 Å². The molecule has 1 N–H and O–H groups in total. The number of carbonyl (C=O) groups excluding carboxylic acids is 4. The molecule has 280 valence electrons. The summed E-state index contributed by atoms with van der Waals surface area (Å²) in [5.74, 6) is -1.02. The van der Waals surface area contributed by atoms with Gasteiger partial charge in [0, 0.05) is 31.8 Å². The number of carbonyl (C=O) groups is 4. The maximum atomic E-state index is 14.1. The first-order chi connectivity index (χ1) is 23.7. The van der Waals surface area contributed by atoms with E-state index < -0.39 is 24.2 Å². The van der Waals surface area contributed by atoms with Crippen molar-refractivity contribution in [2.24, 2.45) is 11.8 Å². The third-order valence-electron chi connectivity index (χ3n) is 10.5. The molecule has 0 bridgehead atoms. The molecular formula is C40H65N5O5. The summed E-state index contributed by atoms with van der Waals surface area (Å²) in [7, 11) is 1.75. The van der Waals surface area contributed by atoms with E-state index in [1.54, 1.807) is 23.8 Å². The Morgan fingerprint density at radius 2 is 1.54 bits per heavy atom. The van der Waals surface area contributed by atoms with E-state index in [1.807, 2.05) is 64.1 Å². The van der Waals surface area contributed by atoms with Crippen molar-refractivity contribution < 1.29 is 23.9 Å². The van der Waals surface area contributed by atoms with Crippen molar-refractivity contribution >= 4 is 23.7 Å². The zero-order chi connectivity index (χ0) is 37.1. The molecule has 2 aliphatic rings. The lowest BCUT2D eigenvalue weighted by atomic mass is 9.95. The average molecular weight is 696 g/mol. The number of piperidine rings is 1. The van der Waals surface area contributed by atoms with Gasteiger partial charge in [-0.05, 0) is 83.5 Å². The Kier molecular flexibility index (Phi) is 16.0. The molecule has 0 saturated carbocycles. The van der Waals surface area contributed by atoms with Crippen molar-refractivity contribution in [2.75, 3.05) is 39.8 Å². The molecule has 3 rings (SSSR count). The molecule has 0 aliphatic carbocycles. The van der Waals surface area contributed by atoms with E-state index in [1.165, 1.54) is 0 Å². The van der Waals surface area contributed by atoms with Crippen molar-refractivity contribution in [3.63, 3.8) is 0 Å². The first kappa shape index (κ1) is 41.2. The highest BCUT2D eigenvalue weighted by molar-refractivity contribution is 5.96. The third-order valence-corrected chi connectivity index (χ3v) is 10.5. The number of benzene rings is 1. The van der Waals surface area contributed by atoms with Crippen LogP contribution in [0.15, 0.2) is 42.0 Å². The Hall–Kier alpha value is -3.24. The van der Waals surface area contributed by atoms with Gasteiger partial charge in [0.25, 0.3) is 0 Å². The SMILES string of the molecule is CCN(CC)CC(OC(=O)[C@@H]1CCCN1C(=O)C(C)=C[C@H](C(C)C)N(C)C(=O)[C@@H](NC(=O)C1CCCCN1C(C)C)C(C)C)c1ccccc1. The zero-order valence-corrected chi connectivity index (χ0v) is 32.5. The van der Waals surface area contributed by atoms with Gasteiger partial charge in [0.05, 0.1) is 12.1 Å². The first-order valence-electron chi connectivity index (χ1n) is 19.0. The van der Waals surface area contributed by atoms with Gasteiger partial charge in [-0.2, -0.15) is 0 Å². The summed E-state index contributed by atoms with van der Waals surface area (Å²) in [5.41, 5.74) is 1.41. The van der Waals surface area contributed by atoms with Gasteiger partial charge in [0.2, 0.25) is 17.7 Å². The molecular weight excluding hydrogens is 630 g/mol. The summed E-state index contributed by atoms with van der Waals surface area (Å²) in [4.78, 5) is 63.1. The molecule has 2 unspecified atom stereocenters. The number of rotatable bonds is 16. The molecule has 0 radical (unpaired) electrons. The lowest BCUT2D eigenvalue weighted by Gasteiger charge is -2.39. The van der Waals surface area contributed by atoms with Crippen LogP contribution < -0.4 is 5.32 Å². The van der Waals surface area contributed by atoms with Gasteiger partial charge in [0.1, 0.15) is 18.2 Å². The van der Waals surface area contributed by atoms with Crippen molar-refractivity contribution in [3.8, 4) is 0 Å². The molecule has 2 saturated heterocycles. The fraction of sp³-hybridized carbons (Fsp3) is 0.700. The lowest BCUT2D eigenvalue weighted by Crippen LogP contribution is -2.58. The number of likely N-dealkylation sites (N-methyl/N-ethyl adjacent to an activating group) is 2. The van der Waals surface area contributed by atoms with Crippen molar-refractivity contribution in [1.82, 2.24) is 24.9 Å². The van der Waals surface area contributed by atoms with E-state index in [4.69, 9.17) is 4.74 Å². The summed E-state index contributed by atoms with van der Waals surface area (Å²) in [6, 6.07) is 8.02. The van der Waals surface area contributed by atoms with Gasteiger partial charge in [-0.1, -0.05) is 84.4 Å². The Bertz CT molecular complexity index is 1290. The lowest BCUT2D eigenvalue weighted by molar-refractivity contribution is -0.158. The van der Waals surface area contributed by atoms with Gasteiger partial charge in [-0.25, -0.2) is 4.79 Å². The zero-order valence-electron chi connectivity index (χ0n) is 32.5. The molecule has 2 aliphatic heterocycles. The maximum absolute atomic E-state index is 14.1. The summed E-state index contributed by atoms with van der Waals surface area (Å²) < 4.78 is 6.16. The standard InChI is InChI=1S/C40H65N5O5/c1-11-43(12-2)26-35(31-19-14-13-15-20-31)50-40(49)33-22-18-24-45(33)38(47)30(9)25-34(27(3)4)42(10)39(48)36(28(5)6)41-37(46)32-21-16-17-23-44(32)29(7)8/h13-15,19-20,25,27-29,32-36H,11-12,16-18,21-24,26H2,1-10H3,(H,41,46)/t32?,33-,34+,35?,36-/m0/s1. The highest BCUT2D eigenvalue weighted by Gasteiger charge is 2.39. The minimum atomic E-state index is -0.694. The minimum absolute atomic E-state index is 0.00367. The fourth-order valence-corrected chi connectivity index (χ4v) is 7.36. The molecule has 10 nitrogen and oxygen atoms in total. The number of nitrogens with one attached hydrogen (secondary N) is 1. The second kappa shape index (κ2) is 19.4. The van der Waals surface area contributed by atoms with Crippen LogP contribution in [0.25, 0.3) is 0 Å². The Balaban J connectivity index is 1.76. The van der Waals surface area contributed by atoms with Crippen LogP contribution >= 0.6 is 0 Å². The van der Waals surface area contributed by atoms with E-state index in [9.17, 15) is 19.2 Å². The topological polar surface area (TPSA) is 102 Å². The van der Waals surface area contributed by atoms with Gasteiger partial charge in [-0.3, -0.25) is 24.2 Å². The van der Waals surface area contributed by atoms with Gasteiger partial charge in [0.15, 0.2) is 0 Å². The van der Waals surface area contributed by atoms with Crippen LogP contribution in [0.4, 0.5) is 0 Å². The van der Waals surface area contributed by atoms with Gasteiger partial charge >= 0.3 is 5.97 Å². The highest BCUT2D eigenvalue weighted by Crippen LogP contribution is 2.27. The second-order valence-electron chi connectivity index (χ2n) is 15.1. The van der Waals surface area contributed by atoms with Crippen LogP contribution in [-0.4, -0.2) is 113 Å². The third kappa shape index (κ3) is 10.6. The number of ether oxygens (including phenoxy) is 1. The molecule has 1 aromatic rings. The number of hydrogen-bond donors (Lipinski definition) is 1. The van der Waals surface area contributed by atoms with Crippen LogP contribution in [0.1, 0.15) is 106 Å². The minimum Gasteiger partial charge on any atom is -0.455 e. The molecule has 3 amide bonds. The number of amides is 3. The summed E-state index contributed by atoms with van der Waals surface area (Å²) in [6.45, 7) is 21.7. The van der Waals surface area contributed by atoms with Gasteiger partial charge in [-0.15, -0.1) is 0 Å². The average Bonchev–Trinajstić information content (AvgIpc) is 3.60. The summed E-state index contributed by atoms with van der Waals surface area (Å²) >= 11 is 0. The first-order valence-corrected chi connectivity index (χ1v) is 19.0. The Labute approximate surface area is 301 Å². The number of likely N-dealkylation sites (tertiary alicyclic amines) is 2. The molecule has 10 heteroatoms. The fourth-order valence-electron chi connectivity index (χ4n) is 7.36. The predicted molar refractivity (Wildman–Crippen MR) is 199 cm³/mol. The van der Waals surface area contributed by atoms with E-state index >= 15 is 0 Å². The number of nitrogens with zero attached hydrogens (tertiary/aromatic N) is 4.